The highest BCUT2D eigenvalue weighted by molar-refractivity contribution is 6.25. The molecule has 260 valence electrons. The Morgan fingerprint density at radius 1 is 0.268 bits per heavy atom. The standard InChI is InChI=1S/C53H33N3/c1-2-14-37(15-3-1)53-55-49-24-11-9-22-45(49)51(56-53)40-18-12-17-39(31-40)35-25-28-36(29-26-35)46-33-47-50(43-20-7-6-19-42(43)46)44-21-8-10-23-48(44)54-52(47)41-30-27-34-13-4-5-16-38(34)32-41/h1-33H. The van der Waals surface area contributed by atoms with Crippen molar-refractivity contribution < 1.29 is 0 Å². The van der Waals surface area contributed by atoms with E-state index in [0.717, 1.165) is 77.8 Å². The van der Waals surface area contributed by atoms with Gasteiger partial charge in [-0.2, -0.15) is 0 Å². The molecule has 0 saturated heterocycles. The molecule has 0 fully saturated rings. The van der Waals surface area contributed by atoms with Crippen LogP contribution in [0.3, 0.4) is 0 Å². The smallest absolute Gasteiger partial charge is 0.160 e. The maximum absolute atomic E-state index is 5.34. The SMILES string of the molecule is c1ccc(-c2nc(-c3cccc(-c4ccc(-c5cc6c(-c7ccc8ccccc8c7)nc7ccccc7c6c6ccccc56)cc4)c3)c3ccccc3n2)cc1. The summed E-state index contributed by atoms with van der Waals surface area (Å²) >= 11 is 0. The van der Waals surface area contributed by atoms with E-state index in [0.29, 0.717) is 0 Å². The first-order chi connectivity index (χ1) is 27.7. The van der Waals surface area contributed by atoms with Crippen LogP contribution in [0.25, 0.3) is 110 Å². The maximum atomic E-state index is 5.34. The lowest BCUT2D eigenvalue weighted by molar-refractivity contribution is 1.23. The summed E-state index contributed by atoms with van der Waals surface area (Å²) < 4.78 is 0. The zero-order valence-corrected chi connectivity index (χ0v) is 30.4. The molecule has 56 heavy (non-hydrogen) atoms. The lowest BCUT2D eigenvalue weighted by Crippen LogP contribution is -1.95. The highest BCUT2D eigenvalue weighted by Gasteiger charge is 2.18. The molecular formula is C53H33N3. The van der Waals surface area contributed by atoms with Gasteiger partial charge < -0.3 is 0 Å². The van der Waals surface area contributed by atoms with Crippen LogP contribution in [0.2, 0.25) is 0 Å². The summed E-state index contributed by atoms with van der Waals surface area (Å²) in [5.74, 6) is 0.726. The van der Waals surface area contributed by atoms with Crippen LogP contribution in [0.1, 0.15) is 0 Å². The van der Waals surface area contributed by atoms with E-state index in [1.807, 2.05) is 24.3 Å². The lowest BCUT2D eigenvalue weighted by atomic mass is 9.89. The van der Waals surface area contributed by atoms with Crippen molar-refractivity contribution in [1.82, 2.24) is 15.0 Å². The Balaban J connectivity index is 1.05. The molecule has 0 atom stereocenters. The Kier molecular flexibility index (Phi) is 7.49. The molecule has 0 aliphatic heterocycles. The fourth-order valence-electron chi connectivity index (χ4n) is 8.31. The molecule has 0 N–H and O–H groups in total. The summed E-state index contributed by atoms with van der Waals surface area (Å²) in [6, 6.07) is 71.1. The van der Waals surface area contributed by atoms with Crippen molar-refractivity contribution in [3.63, 3.8) is 0 Å². The van der Waals surface area contributed by atoms with Crippen molar-refractivity contribution in [3.05, 3.63) is 200 Å². The van der Waals surface area contributed by atoms with Crippen LogP contribution in [-0.4, -0.2) is 15.0 Å². The molecule has 0 aliphatic rings. The molecule has 0 aliphatic carbocycles. The quantitative estimate of drug-likeness (QED) is 0.167. The molecule has 0 unspecified atom stereocenters. The van der Waals surface area contributed by atoms with Gasteiger partial charge in [-0.3, -0.25) is 0 Å². The summed E-state index contributed by atoms with van der Waals surface area (Å²) in [5.41, 5.74) is 11.7. The van der Waals surface area contributed by atoms with Crippen molar-refractivity contribution in [2.75, 3.05) is 0 Å². The normalized spacial score (nSPS) is 11.6. The third kappa shape index (κ3) is 5.40. The van der Waals surface area contributed by atoms with Gasteiger partial charge in [0.05, 0.1) is 22.4 Å². The van der Waals surface area contributed by atoms with E-state index in [2.05, 4.69) is 176 Å². The summed E-state index contributed by atoms with van der Waals surface area (Å²) in [4.78, 5) is 15.4. The Bertz CT molecular complexity index is 3300. The van der Waals surface area contributed by atoms with E-state index in [4.69, 9.17) is 15.0 Å². The molecule has 0 spiro atoms. The van der Waals surface area contributed by atoms with Gasteiger partial charge in [0, 0.05) is 38.2 Å². The minimum absolute atomic E-state index is 0.726. The number of benzene rings is 9. The van der Waals surface area contributed by atoms with Crippen LogP contribution in [-0.2, 0) is 0 Å². The zero-order valence-electron chi connectivity index (χ0n) is 30.4. The average Bonchev–Trinajstić information content (AvgIpc) is 3.28. The van der Waals surface area contributed by atoms with Gasteiger partial charge in [-0.1, -0.05) is 170 Å². The molecule has 2 aromatic heterocycles. The molecule has 3 heteroatoms. The second-order valence-electron chi connectivity index (χ2n) is 14.4. The minimum atomic E-state index is 0.726. The number of hydrogen-bond acceptors (Lipinski definition) is 3. The first kappa shape index (κ1) is 32.0. The fourth-order valence-corrected chi connectivity index (χ4v) is 8.31. The third-order valence-electron chi connectivity index (χ3n) is 11.0. The van der Waals surface area contributed by atoms with Gasteiger partial charge in [-0.15, -0.1) is 0 Å². The van der Waals surface area contributed by atoms with E-state index < -0.39 is 0 Å². The van der Waals surface area contributed by atoms with Crippen LogP contribution < -0.4 is 0 Å². The second kappa shape index (κ2) is 13.1. The van der Waals surface area contributed by atoms with Gasteiger partial charge in [0.1, 0.15) is 0 Å². The van der Waals surface area contributed by atoms with Crippen LogP contribution >= 0.6 is 0 Å². The number of hydrogen-bond donors (Lipinski definition) is 0. The average molecular weight is 712 g/mol. The molecule has 11 aromatic rings. The second-order valence-corrected chi connectivity index (χ2v) is 14.4. The third-order valence-corrected chi connectivity index (χ3v) is 11.0. The van der Waals surface area contributed by atoms with Gasteiger partial charge in [0.25, 0.3) is 0 Å². The molecule has 9 aromatic carbocycles. The summed E-state index contributed by atoms with van der Waals surface area (Å²) in [6.07, 6.45) is 0. The van der Waals surface area contributed by atoms with Gasteiger partial charge >= 0.3 is 0 Å². The Morgan fingerprint density at radius 3 is 1.66 bits per heavy atom. The highest BCUT2D eigenvalue weighted by atomic mass is 14.9. The lowest BCUT2D eigenvalue weighted by Gasteiger charge is -2.16. The van der Waals surface area contributed by atoms with E-state index >= 15 is 0 Å². The van der Waals surface area contributed by atoms with Crippen molar-refractivity contribution in [3.8, 4) is 56.2 Å². The predicted molar refractivity (Wildman–Crippen MR) is 235 cm³/mol. The van der Waals surface area contributed by atoms with Crippen molar-refractivity contribution >= 4 is 54.1 Å². The summed E-state index contributed by atoms with van der Waals surface area (Å²) in [5, 5.41) is 9.46. The number of rotatable bonds is 5. The monoisotopic (exact) mass is 711 g/mol. The Hall–Kier alpha value is -7.49. The molecule has 2 heterocycles. The number of pyridine rings is 1. The van der Waals surface area contributed by atoms with E-state index in [1.54, 1.807) is 0 Å². The number of nitrogens with zero attached hydrogens (tertiary/aromatic N) is 3. The van der Waals surface area contributed by atoms with E-state index in [1.165, 1.54) is 32.5 Å². The molecule has 11 rings (SSSR count). The predicted octanol–water partition coefficient (Wildman–Crippen LogP) is 14.0. The molecular weight excluding hydrogens is 679 g/mol. The summed E-state index contributed by atoms with van der Waals surface area (Å²) in [7, 11) is 0. The van der Waals surface area contributed by atoms with Crippen molar-refractivity contribution in [1.29, 1.82) is 0 Å². The van der Waals surface area contributed by atoms with Gasteiger partial charge in [0.15, 0.2) is 5.82 Å². The largest absolute Gasteiger partial charge is 0.247 e. The van der Waals surface area contributed by atoms with Crippen molar-refractivity contribution in [2.45, 2.75) is 0 Å². The molecule has 0 bridgehead atoms. The summed E-state index contributed by atoms with van der Waals surface area (Å²) in [6.45, 7) is 0. The van der Waals surface area contributed by atoms with Gasteiger partial charge in [-0.05, 0) is 74.1 Å². The van der Waals surface area contributed by atoms with Gasteiger partial charge in [-0.25, -0.2) is 15.0 Å². The molecule has 0 amide bonds. The fraction of sp³-hybridized carbons (Fsp3) is 0. The van der Waals surface area contributed by atoms with Crippen molar-refractivity contribution in [2.24, 2.45) is 0 Å². The van der Waals surface area contributed by atoms with Gasteiger partial charge in [0.2, 0.25) is 0 Å². The topological polar surface area (TPSA) is 38.7 Å². The molecule has 0 radical (unpaired) electrons. The highest BCUT2D eigenvalue weighted by Crippen LogP contribution is 2.42. The van der Waals surface area contributed by atoms with E-state index in [-0.39, 0.29) is 0 Å². The minimum Gasteiger partial charge on any atom is -0.247 e. The van der Waals surface area contributed by atoms with Crippen LogP contribution in [0.5, 0.6) is 0 Å². The first-order valence-electron chi connectivity index (χ1n) is 19.0. The number of fused-ring (bicyclic) bond motifs is 7. The maximum Gasteiger partial charge on any atom is 0.160 e. The first-order valence-corrected chi connectivity index (χ1v) is 19.0. The van der Waals surface area contributed by atoms with Crippen LogP contribution in [0, 0.1) is 0 Å². The van der Waals surface area contributed by atoms with E-state index in [9.17, 15) is 0 Å². The van der Waals surface area contributed by atoms with Crippen LogP contribution in [0.4, 0.5) is 0 Å². The number of aromatic nitrogens is 3. The zero-order chi connectivity index (χ0) is 37.0. The van der Waals surface area contributed by atoms with Crippen LogP contribution in [0.15, 0.2) is 200 Å². The molecule has 0 saturated carbocycles. The molecule has 3 nitrogen and oxygen atoms in total. The Labute approximate surface area is 324 Å². The number of para-hydroxylation sites is 2. The Morgan fingerprint density at radius 2 is 0.839 bits per heavy atom.